The van der Waals surface area contributed by atoms with E-state index < -0.39 is 0 Å². The molecule has 90 valence electrons. The Balaban J connectivity index is 2.34. The van der Waals surface area contributed by atoms with Gasteiger partial charge in [-0.3, -0.25) is 4.98 Å². The molecule has 1 atom stereocenters. The first kappa shape index (κ1) is 13.0. The van der Waals surface area contributed by atoms with Crippen LogP contribution in [0.15, 0.2) is 24.5 Å². The van der Waals surface area contributed by atoms with E-state index in [2.05, 4.69) is 38.0 Å². The third-order valence-electron chi connectivity index (χ3n) is 2.72. The summed E-state index contributed by atoms with van der Waals surface area (Å²) in [5.41, 5.74) is 0.173. The van der Waals surface area contributed by atoms with E-state index in [1.807, 2.05) is 12.1 Å². The van der Waals surface area contributed by atoms with E-state index in [0.717, 1.165) is 18.7 Å². The highest BCUT2D eigenvalue weighted by atomic mass is 16.5. The van der Waals surface area contributed by atoms with Gasteiger partial charge >= 0.3 is 0 Å². The van der Waals surface area contributed by atoms with E-state index in [0.29, 0.717) is 0 Å². The summed E-state index contributed by atoms with van der Waals surface area (Å²) in [7, 11) is 0. The van der Waals surface area contributed by atoms with Crippen LogP contribution in [-0.2, 0) is 0 Å². The van der Waals surface area contributed by atoms with Crippen molar-refractivity contribution in [3.05, 3.63) is 24.5 Å². The minimum atomic E-state index is 0.148. The Kier molecular flexibility index (Phi) is 4.74. The Hall–Kier alpha value is -1.09. The predicted octanol–water partition coefficient (Wildman–Crippen LogP) is 2.63. The summed E-state index contributed by atoms with van der Waals surface area (Å²) in [6, 6.07) is 3.81. The van der Waals surface area contributed by atoms with Crippen LogP contribution < -0.4 is 10.1 Å². The van der Waals surface area contributed by atoms with Crippen molar-refractivity contribution in [2.75, 3.05) is 6.54 Å². The van der Waals surface area contributed by atoms with E-state index >= 15 is 0 Å². The zero-order chi connectivity index (χ0) is 12.0. The largest absolute Gasteiger partial charge is 0.488 e. The van der Waals surface area contributed by atoms with Gasteiger partial charge in [0.05, 0.1) is 6.20 Å². The smallest absolute Gasteiger partial charge is 0.138 e. The number of nitrogens with zero attached hydrogens (tertiary/aromatic N) is 1. The quantitative estimate of drug-likeness (QED) is 0.803. The average molecular weight is 222 g/mol. The van der Waals surface area contributed by atoms with Crippen LogP contribution in [0, 0.1) is 0 Å². The van der Waals surface area contributed by atoms with Crippen LogP contribution in [0.25, 0.3) is 0 Å². The van der Waals surface area contributed by atoms with E-state index in [9.17, 15) is 0 Å². The molecule has 1 N–H and O–H groups in total. The van der Waals surface area contributed by atoms with Crippen molar-refractivity contribution in [1.29, 1.82) is 0 Å². The Labute approximate surface area is 98.2 Å². The number of rotatable bonds is 6. The van der Waals surface area contributed by atoms with E-state index in [1.165, 1.54) is 0 Å². The normalized spacial score (nSPS) is 13.5. The Morgan fingerprint density at radius 1 is 1.50 bits per heavy atom. The molecule has 16 heavy (non-hydrogen) atoms. The summed E-state index contributed by atoms with van der Waals surface area (Å²) >= 11 is 0. The predicted molar refractivity (Wildman–Crippen MR) is 66.7 cm³/mol. The molecule has 0 aliphatic rings. The molecule has 1 aromatic heterocycles. The molecule has 1 rings (SSSR count). The fourth-order valence-electron chi connectivity index (χ4n) is 1.24. The third-order valence-corrected chi connectivity index (χ3v) is 2.72. The van der Waals surface area contributed by atoms with E-state index in [1.54, 1.807) is 12.4 Å². The van der Waals surface area contributed by atoms with Crippen LogP contribution in [0.5, 0.6) is 5.75 Å². The third kappa shape index (κ3) is 4.62. The maximum Gasteiger partial charge on any atom is 0.138 e. The number of aromatic nitrogens is 1. The summed E-state index contributed by atoms with van der Waals surface area (Å²) in [5.74, 6) is 0.825. The average Bonchev–Trinajstić information content (AvgIpc) is 2.28. The first-order valence-corrected chi connectivity index (χ1v) is 5.85. The maximum atomic E-state index is 5.73. The Bertz CT molecular complexity index is 298. The fourth-order valence-corrected chi connectivity index (χ4v) is 1.24. The van der Waals surface area contributed by atoms with Gasteiger partial charge in [0.15, 0.2) is 0 Å². The molecule has 3 nitrogen and oxygen atoms in total. The highest BCUT2D eigenvalue weighted by Crippen LogP contribution is 2.10. The zero-order valence-electron chi connectivity index (χ0n) is 10.7. The second-order valence-corrected chi connectivity index (χ2v) is 4.74. The molecular formula is C13H22N2O. The van der Waals surface area contributed by atoms with Crippen molar-refractivity contribution in [2.24, 2.45) is 0 Å². The number of hydrogen-bond donors (Lipinski definition) is 1. The number of nitrogens with one attached hydrogen (secondary N) is 1. The SMILES string of the molecule is CCC(C)(C)NCC(C)Oc1cccnc1. The molecule has 0 aliphatic heterocycles. The number of ether oxygens (including phenoxy) is 1. The molecule has 0 saturated heterocycles. The first-order valence-electron chi connectivity index (χ1n) is 5.85. The molecule has 1 heterocycles. The van der Waals surface area contributed by atoms with Crippen LogP contribution in [0.3, 0.4) is 0 Å². The summed E-state index contributed by atoms with van der Waals surface area (Å²) in [5, 5.41) is 3.48. The molecule has 0 bridgehead atoms. The summed E-state index contributed by atoms with van der Waals surface area (Å²) < 4.78 is 5.73. The minimum Gasteiger partial charge on any atom is -0.488 e. The lowest BCUT2D eigenvalue weighted by atomic mass is 10.0. The van der Waals surface area contributed by atoms with Gasteiger partial charge in [0.25, 0.3) is 0 Å². The Morgan fingerprint density at radius 3 is 2.81 bits per heavy atom. The molecule has 0 fully saturated rings. The van der Waals surface area contributed by atoms with Crippen molar-refractivity contribution in [2.45, 2.75) is 45.8 Å². The van der Waals surface area contributed by atoms with Gasteiger partial charge in [-0.25, -0.2) is 0 Å². The first-order chi connectivity index (χ1) is 7.53. The lowest BCUT2D eigenvalue weighted by molar-refractivity contribution is 0.198. The number of hydrogen-bond acceptors (Lipinski definition) is 3. The van der Waals surface area contributed by atoms with Crippen LogP contribution in [0.4, 0.5) is 0 Å². The van der Waals surface area contributed by atoms with Gasteiger partial charge < -0.3 is 10.1 Å². The second kappa shape index (κ2) is 5.85. The van der Waals surface area contributed by atoms with Crippen molar-refractivity contribution < 1.29 is 4.74 Å². The maximum absolute atomic E-state index is 5.73. The highest BCUT2D eigenvalue weighted by molar-refractivity contribution is 5.15. The highest BCUT2D eigenvalue weighted by Gasteiger charge is 2.15. The Morgan fingerprint density at radius 2 is 2.25 bits per heavy atom. The van der Waals surface area contributed by atoms with Gasteiger partial charge in [0, 0.05) is 18.3 Å². The fraction of sp³-hybridized carbons (Fsp3) is 0.615. The monoisotopic (exact) mass is 222 g/mol. The molecule has 3 heteroatoms. The lowest BCUT2D eigenvalue weighted by Crippen LogP contribution is -2.43. The molecule has 1 unspecified atom stereocenters. The molecule has 0 amide bonds. The summed E-state index contributed by atoms with van der Waals surface area (Å²) in [4.78, 5) is 4.02. The van der Waals surface area contributed by atoms with Crippen LogP contribution in [0.2, 0.25) is 0 Å². The zero-order valence-corrected chi connectivity index (χ0v) is 10.7. The number of pyridine rings is 1. The van der Waals surface area contributed by atoms with Gasteiger partial charge in [0.2, 0.25) is 0 Å². The van der Waals surface area contributed by atoms with Gasteiger partial charge in [-0.2, -0.15) is 0 Å². The standard InChI is InChI=1S/C13H22N2O/c1-5-13(3,4)15-9-11(2)16-12-7-6-8-14-10-12/h6-8,10-11,15H,5,9H2,1-4H3. The van der Waals surface area contributed by atoms with Crippen molar-refractivity contribution >= 4 is 0 Å². The van der Waals surface area contributed by atoms with Gasteiger partial charge in [-0.15, -0.1) is 0 Å². The van der Waals surface area contributed by atoms with Crippen LogP contribution in [-0.4, -0.2) is 23.2 Å². The topological polar surface area (TPSA) is 34.1 Å². The molecule has 0 radical (unpaired) electrons. The van der Waals surface area contributed by atoms with Crippen molar-refractivity contribution in [1.82, 2.24) is 10.3 Å². The van der Waals surface area contributed by atoms with E-state index in [-0.39, 0.29) is 11.6 Å². The molecule has 1 aromatic rings. The molecule has 0 aromatic carbocycles. The van der Waals surface area contributed by atoms with Gasteiger partial charge in [-0.1, -0.05) is 6.92 Å². The van der Waals surface area contributed by atoms with Crippen molar-refractivity contribution in [3.8, 4) is 5.75 Å². The minimum absolute atomic E-state index is 0.148. The molecule has 0 saturated carbocycles. The molecule has 0 spiro atoms. The van der Waals surface area contributed by atoms with E-state index in [4.69, 9.17) is 4.74 Å². The molecular weight excluding hydrogens is 200 g/mol. The van der Waals surface area contributed by atoms with Crippen molar-refractivity contribution in [3.63, 3.8) is 0 Å². The van der Waals surface area contributed by atoms with Crippen LogP contribution in [0.1, 0.15) is 34.1 Å². The van der Waals surface area contributed by atoms with Gasteiger partial charge in [-0.05, 0) is 39.3 Å². The molecule has 0 aliphatic carbocycles. The summed E-state index contributed by atoms with van der Waals surface area (Å²) in [6.45, 7) is 9.48. The summed E-state index contributed by atoms with van der Waals surface area (Å²) in [6.07, 6.45) is 4.74. The van der Waals surface area contributed by atoms with Gasteiger partial charge in [0.1, 0.15) is 11.9 Å². The second-order valence-electron chi connectivity index (χ2n) is 4.74. The van der Waals surface area contributed by atoms with Crippen LogP contribution >= 0.6 is 0 Å². The lowest BCUT2D eigenvalue weighted by Gasteiger charge is -2.26.